The number of hydrogen-bond acceptors (Lipinski definition) is 2. The molecule has 19 heavy (non-hydrogen) atoms. The molecule has 1 amide bonds. The van der Waals surface area contributed by atoms with Crippen LogP contribution in [0.25, 0.3) is 0 Å². The first-order valence-electron chi connectivity index (χ1n) is 6.45. The molecule has 0 saturated heterocycles. The van der Waals surface area contributed by atoms with Crippen molar-refractivity contribution in [2.75, 3.05) is 17.2 Å². The molecule has 1 atom stereocenters. The van der Waals surface area contributed by atoms with Crippen molar-refractivity contribution in [2.45, 2.75) is 12.8 Å². The standard InChI is InChI=1S/C16H16N2O/c1-11-6-5-9-14-15(11)17-10-13(16(19)18-14)12-7-3-2-4-8-12/h2-9,13,17H,10H2,1H3,(H,18,19). The highest BCUT2D eigenvalue weighted by Gasteiger charge is 2.25. The lowest BCUT2D eigenvalue weighted by Crippen LogP contribution is -2.23. The van der Waals surface area contributed by atoms with Crippen LogP contribution in [0.1, 0.15) is 17.0 Å². The van der Waals surface area contributed by atoms with E-state index in [1.165, 1.54) is 0 Å². The van der Waals surface area contributed by atoms with E-state index < -0.39 is 0 Å². The molecule has 2 aromatic carbocycles. The van der Waals surface area contributed by atoms with Crippen molar-refractivity contribution in [2.24, 2.45) is 0 Å². The molecule has 3 nitrogen and oxygen atoms in total. The van der Waals surface area contributed by atoms with E-state index in [0.717, 1.165) is 22.5 Å². The fourth-order valence-corrected chi connectivity index (χ4v) is 2.48. The number of carbonyl (C=O) groups is 1. The van der Waals surface area contributed by atoms with Crippen molar-refractivity contribution in [3.8, 4) is 0 Å². The number of hydrogen-bond donors (Lipinski definition) is 2. The van der Waals surface area contributed by atoms with Gasteiger partial charge in [-0.25, -0.2) is 0 Å². The molecule has 2 aromatic rings. The maximum absolute atomic E-state index is 12.3. The predicted octanol–water partition coefficient (Wildman–Crippen LogP) is 3.14. The molecule has 96 valence electrons. The number of rotatable bonds is 1. The monoisotopic (exact) mass is 252 g/mol. The van der Waals surface area contributed by atoms with Gasteiger partial charge in [0.1, 0.15) is 0 Å². The van der Waals surface area contributed by atoms with Gasteiger partial charge in [0.25, 0.3) is 0 Å². The zero-order chi connectivity index (χ0) is 13.2. The first-order chi connectivity index (χ1) is 9.25. The summed E-state index contributed by atoms with van der Waals surface area (Å²) in [5.41, 5.74) is 4.07. The number of fused-ring (bicyclic) bond motifs is 1. The highest BCUT2D eigenvalue weighted by Crippen LogP contribution is 2.31. The van der Waals surface area contributed by atoms with Crippen LogP contribution in [0.2, 0.25) is 0 Å². The molecule has 0 spiro atoms. The minimum absolute atomic E-state index is 0.0445. The number of aryl methyl sites for hydroxylation is 1. The predicted molar refractivity (Wildman–Crippen MR) is 77.5 cm³/mol. The first-order valence-corrected chi connectivity index (χ1v) is 6.45. The molecule has 0 bridgehead atoms. The van der Waals surface area contributed by atoms with E-state index in [9.17, 15) is 4.79 Å². The Morgan fingerprint density at radius 3 is 2.63 bits per heavy atom. The third-order valence-corrected chi connectivity index (χ3v) is 3.53. The molecule has 1 aliphatic heterocycles. The second kappa shape index (κ2) is 4.76. The third kappa shape index (κ3) is 2.19. The Labute approximate surface area is 112 Å². The molecule has 1 heterocycles. The summed E-state index contributed by atoms with van der Waals surface area (Å²) >= 11 is 0. The van der Waals surface area contributed by atoms with Gasteiger partial charge in [-0.15, -0.1) is 0 Å². The molecule has 1 aliphatic rings. The van der Waals surface area contributed by atoms with Crippen molar-refractivity contribution in [1.82, 2.24) is 0 Å². The minimum atomic E-state index is -0.159. The van der Waals surface area contributed by atoms with E-state index in [-0.39, 0.29) is 11.8 Å². The van der Waals surface area contributed by atoms with E-state index in [2.05, 4.69) is 10.6 Å². The lowest BCUT2D eigenvalue weighted by Gasteiger charge is -2.13. The quantitative estimate of drug-likeness (QED) is 0.818. The van der Waals surface area contributed by atoms with Crippen LogP contribution in [-0.4, -0.2) is 12.5 Å². The molecular weight excluding hydrogens is 236 g/mol. The average molecular weight is 252 g/mol. The van der Waals surface area contributed by atoms with E-state index in [1.54, 1.807) is 0 Å². The van der Waals surface area contributed by atoms with E-state index >= 15 is 0 Å². The minimum Gasteiger partial charge on any atom is -0.382 e. The maximum atomic E-state index is 12.3. The summed E-state index contributed by atoms with van der Waals surface area (Å²) in [6.07, 6.45) is 0. The normalized spacial score (nSPS) is 17.9. The summed E-state index contributed by atoms with van der Waals surface area (Å²) in [4.78, 5) is 12.3. The van der Waals surface area contributed by atoms with Crippen molar-refractivity contribution in [3.63, 3.8) is 0 Å². The second-order valence-corrected chi connectivity index (χ2v) is 4.83. The summed E-state index contributed by atoms with van der Waals surface area (Å²) in [5, 5.41) is 6.40. The summed E-state index contributed by atoms with van der Waals surface area (Å²) in [6, 6.07) is 15.8. The Kier molecular flexibility index (Phi) is 2.95. The first kappa shape index (κ1) is 11.8. The van der Waals surface area contributed by atoms with Crippen LogP contribution in [0.15, 0.2) is 48.5 Å². The smallest absolute Gasteiger partial charge is 0.233 e. The molecule has 0 aromatic heterocycles. The molecular formula is C16H16N2O. The summed E-state index contributed by atoms with van der Waals surface area (Å²) in [5.74, 6) is -0.115. The van der Waals surface area contributed by atoms with Gasteiger partial charge in [-0.1, -0.05) is 42.5 Å². The van der Waals surface area contributed by atoms with Gasteiger partial charge in [-0.2, -0.15) is 0 Å². The average Bonchev–Trinajstić information content (AvgIpc) is 2.59. The highest BCUT2D eigenvalue weighted by atomic mass is 16.1. The van der Waals surface area contributed by atoms with Crippen LogP contribution < -0.4 is 10.6 Å². The largest absolute Gasteiger partial charge is 0.382 e. The van der Waals surface area contributed by atoms with E-state index in [1.807, 2.05) is 55.5 Å². The van der Waals surface area contributed by atoms with Crippen LogP contribution in [-0.2, 0) is 4.79 Å². The fraction of sp³-hybridized carbons (Fsp3) is 0.188. The SMILES string of the molecule is Cc1cccc2c1NCC(c1ccccc1)C(=O)N2. The van der Waals surface area contributed by atoms with Gasteiger partial charge in [-0.05, 0) is 24.1 Å². The topological polar surface area (TPSA) is 41.1 Å². The molecule has 3 rings (SSSR count). The molecule has 0 radical (unpaired) electrons. The lowest BCUT2D eigenvalue weighted by molar-refractivity contribution is -0.117. The summed E-state index contributed by atoms with van der Waals surface area (Å²) in [6.45, 7) is 2.66. The van der Waals surface area contributed by atoms with Gasteiger partial charge < -0.3 is 10.6 Å². The molecule has 0 saturated carbocycles. The van der Waals surface area contributed by atoms with Gasteiger partial charge in [0.05, 0.1) is 17.3 Å². The van der Waals surface area contributed by atoms with E-state index in [4.69, 9.17) is 0 Å². The number of benzene rings is 2. The number of para-hydroxylation sites is 1. The van der Waals surface area contributed by atoms with Gasteiger partial charge in [0.2, 0.25) is 5.91 Å². The maximum Gasteiger partial charge on any atom is 0.233 e. The van der Waals surface area contributed by atoms with Gasteiger partial charge in [0, 0.05) is 6.54 Å². The lowest BCUT2D eigenvalue weighted by atomic mass is 9.98. The molecule has 0 fully saturated rings. The van der Waals surface area contributed by atoms with Crippen LogP contribution in [0.5, 0.6) is 0 Å². The Hall–Kier alpha value is -2.29. The number of carbonyl (C=O) groups excluding carboxylic acids is 1. The zero-order valence-electron chi connectivity index (χ0n) is 10.8. The van der Waals surface area contributed by atoms with Crippen LogP contribution in [0, 0.1) is 6.92 Å². The Morgan fingerprint density at radius 1 is 1.05 bits per heavy atom. The Bertz CT molecular complexity index is 607. The number of amides is 1. The van der Waals surface area contributed by atoms with E-state index in [0.29, 0.717) is 6.54 Å². The number of nitrogens with one attached hydrogen (secondary N) is 2. The fourth-order valence-electron chi connectivity index (χ4n) is 2.48. The third-order valence-electron chi connectivity index (χ3n) is 3.53. The second-order valence-electron chi connectivity index (χ2n) is 4.83. The molecule has 2 N–H and O–H groups in total. The van der Waals surface area contributed by atoms with Gasteiger partial charge >= 0.3 is 0 Å². The summed E-state index contributed by atoms with van der Waals surface area (Å²) in [7, 11) is 0. The van der Waals surface area contributed by atoms with Crippen LogP contribution >= 0.6 is 0 Å². The zero-order valence-corrected chi connectivity index (χ0v) is 10.8. The Morgan fingerprint density at radius 2 is 1.84 bits per heavy atom. The van der Waals surface area contributed by atoms with Gasteiger partial charge in [0.15, 0.2) is 0 Å². The molecule has 3 heteroatoms. The molecule has 1 unspecified atom stereocenters. The highest BCUT2D eigenvalue weighted by molar-refractivity contribution is 6.00. The van der Waals surface area contributed by atoms with Crippen LogP contribution in [0.4, 0.5) is 11.4 Å². The van der Waals surface area contributed by atoms with Crippen molar-refractivity contribution < 1.29 is 4.79 Å². The summed E-state index contributed by atoms with van der Waals surface area (Å²) < 4.78 is 0. The Balaban J connectivity index is 1.95. The number of anilines is 2. The van der Waals surface area contributed by atoms with Crippen LogP contribution in [0.3, 0.4) is 0 Å². The van der Waals surface area contributed by atoms with Crippen molar-refractivity contribution in [1.29, 1.82) is 0 Å². The molecule has 0 aliphatic carbocycles. The van der Waals surface area contributed by atoms with Crippen molar-refractivity contribution in [3.05, 3.63) is 59.7 Å². The van der Waals surface area contributed by atoms with Crippen molar-refractivity contribution >= 4 is 17.3 Å². The van der Waals surface area contributed by atoms with Gasteiger partial charge in [-0.3, -0.25) is 4.79 Å².